The predicted octanol–water partition coefficient (Wildman–Crippen LogP) is 3.69. The molecule has 2 heterocycles. The predicted molar refractivity (Wildman–Crippen MR) is 106 cm³/mol. The minimum Gasteiger partial charge on any atom is -0.452 e. The van der Waals surface area contributed by atoms with E-state index < -0.39 is 5.97 Å². The summed E-state index contributed by atoms with van der Waals surface area (Å²) >= 11 is 1.57. The van der Waals surface area contributed by atoms with E-state index in [1.165, 1.54) is 0 Å². The van der Waals surface area contributed by atoms with Gasteiger partial charge < -0.3 is 14.6 Å². The van der Waals surface area contributed by atoms with Gasteiger partial charge in [-0.05, 0) is 36.9 Å². The van der Waals surface area contributed by atoms with Crippen molar-refractivity contribution in [3.05, 3.63) is 81.3 Å². The number of benzene rings is 1. The van der Waals surface area contributed by atoms with Crippen molar-refractivity contribution in [1.82, 2.24) is 9.88 Å². The lowest BCUT2D eigenvalue weighted by Gasteiger charge is -2.10. The lowest BCUT2D eigenvalue weighted by molar-refractivity contribution is -0.124. The Bertz CT molecular complexity index is 915. The fourth-order valence-corrected chi connectivity index (χ4v) is 3.52. The van der Waals surface area contributed by atoms with Crippen molar-refractivity contribution in [1.29, 1.82) is 0 Å². The Hall–Kier alpha value is -2.86. The highest BCUT2D eigenvalue weighted by atomic mass is 32.1. The highest BCUT2D eigenvalue weighted by Gasteiger charge is 2.18. The van der Waals surface area contributed by atoms with E-state index in [4.69, 9.17) is 4.74 Å². The second-order valence-electron chi connectivity index (χ2n) is 6.29. The first kappa shape index (κ1) is 18.9. The van der Waals surface area contributed by atoms with Crippen LogP contribution in [-0.2, 0) is 22.6 Å². The Morgan fingerprint density at radius 3 is 2.59 bits per heavy atom. The van der Waals surface area contributed by atoms with E-state index >= 15 is 0 Å². The number of amides is 1. The molecule has 0 aliphatic heterocycles. The second-order valence-corrected chi connectivity index (χ2v) is 7.32. The summed E-state index contributed by atoms with van der Waals surface area (Å²) in [6.07, 6.45) is 0. The van der Waals surface area contributed by atoms with E-state index in [-0.39, 0.29) is 12.5 Å². The van der Waals surface area contributed by atoms with Crippen molar-refractivity contribution in [2.24, 2.45) is 0 Å². The summed E-state index contributed by atoms with van der Waals surface area (Å²) in [5.41, 5.74) is 3.47. The van der Waals surface area contributed by atoms with Crippen molar-refractivity contribution in [2.45, 2.75) is 26.9 Å². The number of esters is 1. The number of nitrogens with one attached hydrogen (secondary N) is 1. The summed E-state index contributed by atoms with van der Waals surface area (Å²) in [7, 11) is 0. The maximum atomic E-state index is 12.4. The number of aromatic nitrogens is 1. The molecule has 0 spiro atoms. The number of rotatable bonds is 7. The summed E-state index contributed by atoms with van der Waals surface area (Å²) in [5.74, 6) is -0.788. The molecule has 2 aromatic heterocycles. The Balaban J connectivity index is 1.58. The van der Waals surface area contributed by atoms with Crippen LogP contribution in [0.2, 0.25) is 0 Å². The molecule has 1 aromatic carbocycles. The van der Waals surface area contributed by atoms with Gasteiger partial charge in [-0.3, -0.25) is 4.79 Å². The molecule has 0 fully saturated rings. The van der Waals surface area contributed by atoms with Gasteiger partial charge in [-0.25, -0.2) is 4.79 Å². The van der Waals surface area contributed by atoms with Gasteiger partial charge in [0.15, 0.2) is 6.61 Å². The van der Waals surface area contributed by atoms with Crippen molar-refractivity contribution in [3.8, 4) is 0 Å². The smallest absolute Gasteiger partial charge is 0.340 e. The number of hydrogen-bond acceptors (Lipinski definition) is 4. The van der Waals surface area contributed by atoms with Crippen LogP contribution in [0.5, 0.6) is 0 Å². The van der Waals surface area contributed by atoms with Gasteiger partial charge in [-0.2, -0.15) is 0 Å². The summed E-state index contributed by atoms with van der Waals surface area (Å²) < 4.78 is 7.27. The molecule has 0 atom stereocenters. The monoisotopic (exact) mass is 382 g/mol. The standard InChI is InChI=1S/C21H22N2O3S/c1-15-11-19(16(2)23(15)13-17-7-4-3-5-8-17)21(25)26-14-20(24)22-12-18-9-6-10-27-18/h3-11H,12-14H2,1-2H3,(H,22,24). The molecule has 1 amide bonds. The van der Waals surface area contributed by atoms with E-state index in [1.54, 1.807) is 11.3 Å². The summed E-state index contributed by atoms with van der Waals surface area (Å²) in [5, 5.41) is 4.70. The third kappa shape index (κ3) is 4.86. The van der Waals surface area contributed by atoms with E-state index in [9.17, 15) is 9.59 Å². The molecule has 6 heteroatoms. The van der Waals surface area contributed by atoms with Crippen molar-refractivity contribution >= 4 is 23.2 Å². The SMILES string of the molecule is Cc1cc(C(=O)OCC(=O)NCc2cccs2)c(C)n1Cc1ccccc1. The zero-order chi connectivity index (χ0) is 19.2. The molecule has 0 saturated carbocycles. The van der Waals surface area contributed by atoms with Gasteiger partial charge in [0.2, 0.25) is 0 Å². The Kier molecular flexibility index (Phi) is 6.08. The maximum absolute atomic E-state index is 12.4. The first-order valence-corrected chi connectivity index (χ1v) is 9.59. The lowest BCUT2D eigenvalue weighted by Crippen LogP contribution is -2.28. The Labute approximate surface area is 162 Å². The first-order valence-electron chi connectivity index (χ1n) is 8.71. The zero-order valence-corrected chi connectivity index (χ0v) is 16.2. The van der Waals surface area contributed by atoms with Crippen LogP contribution in [0.1, 0.15) is 32.2 Å². The molecule has 0 saturated heterocycles. The summed E-state index contributed by atoms with van der Waals surface area (Å²) in [4.78, 5) is 25.3. The molecule has 0 unspecified atom stereocenters. The molecule has 3 rings (SSSR count). The minimum absolute atomic E-state index is 0.285. The Morgan fingerprint density at radius 2 is 1.89 bits per heavy atom. The van der Waals surface area contributed by atoms with Crippen LogP contribution in [0.15, 0.2) is 53.9 Å². The lowest BCUT2D eigenvalue weighted by atomic mass is 10.2. The number of hydrogen-bond donors (Lipinski definition) is 1. The largest absolute Gasteiger partial charge is 0.452 e. The van der Waals surface area contributed by atoms with Crippen LogP contribution in [0.25, 0.3) is 0 Å². The van der Waals surface area contributed by atoms with Crippen LogP contribution < -0.4 is 5.32 Å². The molecular formula is C21H22N2O3S. The van der Waals surface area contributed by atoms with Crippen LogP contribution in [-0.4, -0.2) is 23.1 Å². The van der Waals surface area contributed by atoms with Gasteiger partial charge >= 0.3 is 5.97 Å². The molecule has 0 radical (unpaired) electrons. The third-order valence-corrected chi connectivity index (χ3v) is 5.23. The number of nitrogens with zero attached hydrogens (tertiary/aromatic N) is 1. The molecule has 5 nitrogen and oxygen atoms in total. The van der Waals surface area contributed by atoms with E-state index in [0.29, 0.717) is 18.7 Å². The van der Waals surface area contributed by atoms with Gasteiger partial charge in [0.25, 0.3) is 5.91 Å². The van der Waals surface area contributed by atoms with Crippen LogP contribution in [0.4, 0.5) is 0 Å². The number of aryl methyl sites for hydroxylation is 1. The highest BCUT2D eigenvalue weighted by molar-refractivity contribution is 7.09. The number of carbonyl (C=O) groups is 2. The molecular weight excluding hydrogens is 360 g/mol. The van der Waals surface area contributed by atoms with Crippen molar-refractivity contribution < 1.29 is 14.3 Å². The maximum Gasteiger partial charge on any atom is 0.340 e. The summed E-state index contributed by atoms with van der Waals surface area (Å²) in [6, 6.07) is 15.7. The second kappa shape index (κ2) is 8.68. The highest BCUT2D eigenvalue weighted by Crippen LogP contribution is 2.18. The van der Waals surface area contributed by atoms with Gasteiger partial charge in [-0.1, -0.05) is 36.4 Å². The molecule has 3 aromatic rings. The van der Waals surface area contributed by atoms with E-state index in [0.717, 1.165) is 21.8 Å². The molecule has 140 valence electrons. The number of thiophene rings is 1. The zero-order valence-electron chi connectivity index (χ0n) is 15.4. The molecule has 0 aliphatic carbocycles. The number of ether oxygens (including phenoxy) is 1. The quantitative estimate of drug-likeness (QED) is 0.634. The van der Waals surface area contributed by atoms with Gasteiger partial charge in [0, 0.05) is 22.8 Å². The molecule has 1 N–H and O–H groups in total. The summed E-state index contributed by atoms with van der Waals surface area (Å²) in [6.45, 7) is 4.70. The Morgan fingerprint density at radius 1 is 1.11 bits per heavy atom. The number of carbonyl (C=O) groups excluding carboxylic acids is 2. The van der Waals surface area contributed by atoms with Gasteiger partial charge in [0.1, 0.15) is 0 Å². The first-order chi connectivity index (χ1) is 13.0. The average Bonchev–Trinajstić information content (AvgIpc) is 3.29. The van der Waals surface area contributed by atoms with Crippen molar-refractivity contribution in [2.75, 3.05) is 6.61 Å². The fraction of sp³-hybridized carbons (Fsp3) is 0.238. The molecule has 0 bridgehead atoms. The molecule has 0 aliphatic rings. The minimum atomic E-state index is -0.478. The average molecular weight is 382 g/mol. The van der Waals surface area contributed by atoms with Crippen LogP contribution in [0.3, 0.4) is 0 Å². The molecule has 27 heavy (non-hydrogen) atoms. The van der Waals surface area contributed by atoms with Crippen LogP contribution in [0, 0.1) is 13.8 Å². The normalized spacial score (nSPS) is 10.6. The van der Waals surface area contributed by atoms with Crippen molar-refractivity contribution in [3.63, 3.8) is 0 Å². The van der Waals surface area contributed by atoms with E-state index in [2.05, 4.69) is 22.0 Å². The van der Waals surface area contributed by atoms with E-state index in [1.807, 2.05) is 55.6 Å². The topological polar surface area (TPSA) is 60.3 Å². The van der Waals surface area contributed by atoms with Crippen LogP contribution >= 0.6 is 11.3 Å². The third-order valence-electron chi connectivity index (χ3n) is 4.35. The van der Waals surface area contributed by atoms with Gasteiger partial charge in [-0.15, -0.1) is 11.3 Å². The van der Waals surface area contributed by atoms with Gasteiger partial charge in [0.05, 0.1) is 12.1 Å². The fourth-order valence-electron chi connectivity index (χ4n) is 2.88.